The molecule has 2 heterocycles. The number of methoxy groups -OCH3 is 1. The van der Waals surface area contributed by atoms with Gasteiger partial charge in [-0.25, -0.2) is 14.6 Å². The highest BCUT2D eigenvalue weighted by Gasteiger charge is 2.33. The van der Waals surface area contributed by atoms with E-state index in [1.807, 2.05) is 30.3 Å². The van der Waals surface area contributed by atoms with Gasteiger partial charge in [-0.3, -0.25) is 9.30 Å². The van der Waals surface area contributed by atoms with E-state index in [1.165, 1.54) is 19.4 Å². The average molecular weight is 676 g/mol. The summed E-state index contributed by atoms with van der Waals surface area (Å²) in [6.45, 7) is 6.30. The first kappa shape index (κ1) is 34.8. The molecular weight excluding hydrogens is 639 g/mol. The first-order chi connectivity index (χ1) is 23.2. The standard InChI is InChI=1S/C37H36F3N3O6/c1-24-19-26(11-16-30(24)34(44)46-5)32-21-41-33-31(42(18-17-37(38,39)40)35(45)49-36(2,3)4)20-29(22-43(32)33)48-28-14-12-27(13-15-28)47-23-25-9-7-6-8-10-25/h6-16,19-22H,17-18,23H2,1-5H3. The van der Waals surface area contributed by atoms with E-state index in [9.17, 15) is 22.8 Å². The van der Waals surface area contributed by atoms with Gasteiger partial charge in [-0.15, -0.1) is 0 Å². The Bertz CT molecular complexity index is 1930. The van der Waals surface area contributed by atoms with Crippen LogP contribution < -0.4 is 14.4 Å². The van der Waals surface area contributed by atoms with Crippen LogP contribution in [-0.2, 0) is 16.1 Å². The fraction of sp³-hybridized carbons (Fsp3) is 0.270. The lowest BCUT2D eigenvalue weighted by Gasteiger charge is -2.28. The summed E-state index contributed by atoms with van der Waals surface area (Å²) in [5.74, 6) is 0.743. The third kappa shape index (κ3) is 8.89. The predicted molar refractivity (Wildman–Crippen MR) is 178 cm³/mol. The minimum atomic E-state index is -4.55. The first-order valence-electron chi connectivity index (χ1n) is 15.4. The van der Waals surface area contributed by atoms with Gasteiger partial charge in [0.25, 0.3) is 0 Å². The highest BCUT2D eigenvalue weighted by molar-refractivity contribution is 5.94. The fourth-order valence-electron chi connectivity index (χ4n) is 5.02. The third-order valence-corrected chi connectivity index (χ3v) is 7.32. The number of aromatic nitrogens is 2. The number of pyridine rings is 1. The molecule has 0 aliphatic rings. The van der Waals surface area contributed by atoms with Gasteiger partial charge in [0.1, 0.15) is 29.5 Å². The number of hydrogen-bond donors (Lipinski definition) is 0. The SMILES string of the molecule is COC(=O)c1ccc(-c2cnc3c(N(CCC(F)(F)F)C(=O)OC(C)(C)C)cc(Oc4ccc(OCc5ccccc5)cc4)cn23)cc1C. The van der Waals surface area contributed by atoms with Gasteiger partial charge in [0, 0.05) is 18.2 Å². The number of carbonyl (C=O) groups is 2. The molecule has 12 heteroatoms. The number of rotatable bonds is 10. The van der Waals surface area contributed by atoms with Crippen LogP contribution in [0.5, 0.6) is 17.2 Å². The number of carbonyl (C=O) groups excluding carboxylic acids is 2. The summed E-state index contributed by atoms with van der Waals surface area (Å²) in [7, 11) is 1.30. The molecule has 5 aromatic rings. The van der Waals surface area contributed by atoms with Crippen molar-refractivity contribution in [2.24, 2.45) is 0 Å². The number of fused-ring (bicyclic) bond motifs is 1. The van der Waals surface area contributed by atoms with Gasteiger partial charge < -0.3 is 18.9 Å². The van der Waals surface area contributed by atoms with E-state index in [0.29, 0.717) is 40.5 Å². The van der Waals surface area contributed by atoms with Crippen LogP contribution in [0.15, 0.2) is 91.3 Å². The predicted octanol–water partition coefficient (Wildman–Crippen LogP) is 9.16. The maximum Gasteiger partial charge on any atom is 0.414 e. The van der Waals surface area contributed by atoms with E-state index in [4.69, 9.17) is 18.9 Å². The van der Waals surface area contributed by atoms with Crippen molar-refractivity contribution in [2.75, 3.05) is 18.6 Å². The zero-order valence-electron chi connectivity index (χ0n) is 27.7. The normalized spacial score (nSPS) is 11.7. The topological polar surface area (TPSA) is 91.6 Å². The highest BCUT2D eigenvalue weighted by Crippen LogP contribution is 2.35. The molecule has 9 nitrogen and oxygen atoms in total. The fourth-order valence-corrected chi connectivity index (χ4v) is 5.02. The molecule has 0 bridgehead atoms. The Morgan fingerprint density at radius 3 is 2.22 bits per heavy atom. The molecule has 0 aliphatic carbocycles. The van der Waals surface area contributed by atoms with E-state index in [-0.39, 0.29) is 17.1 Å². The number of imidazole rings is 1. The number of alkyl halides is 3. The van der Waals surface area contributed by atoms with Crippen LogP contribution in [0.25, 0.3) is 16.9 Å². The zero-order chi connectivity index (χ0) is 35.3. The summed E-state index contributed by atoms with van der Waals surface area (Å²) in [6, 6.07) is 23.1. The van der Waals surface area contributed by atoms with Gasteiger partial charge >= 0.3 is 18.2 Å². The van der Waals surface area contributed by atoms with Crippen molar-refractivity contribution in [3.63, 3.8) is 0 Å². The number of amides is 1. The van der Waals surface area contributed by atoms with E-state index >= 15 is 0 Å². The van der Waals surface area contributed by atoms with Crippen molar-refractivity contribution in [2.45, 2.75) is 52.5 Å². The van der Waals surface area contributed by atoms with Crippen molar-refractivity contribution in [3.8, 4) is 28.5 Å². The molecule has 0 saturated heterocycles. The summed E-state index contributed by atoms with van der Waals surface area (Å²) in [6.07, 6.45) is -3.64. The molecule has 0 spiro atoms. The first-order valence-corrected chi connectivity index (χ1v) is 15.4. The quantitative estimate of drug-likeness (QED) is 0.136. The molecule has 49 heavy (non-hydrogen) atoms. The van der Waals surface area contributed by atoms with Crippen LogP contribution in [-0.4, -0.2) is 46.9 Å². The second kappa shape index (κ2) is 14.3. The Morgan fingerprint density at radius 1 is 0.898 bits per heavy atom. The maximum absolute atomic E-state index is 13.5. The Labute approximate surface area is 281 Å². The summed E-state index contributed by atoms with van der Waals surface area (Å²) in [5.41, 5.74) is 2.47. The monoisotopic (exact) mass is 675 g/mol. The van der Waals surface area contributed by atoms with Gasteiger partial charge in [-0.05, 0) is 75.2 Å². The minimum Gasteiger partial charge on any atom is -0.489 e. The van der Waals surface area contributed by atoms with Crippen LogP contribution in [0, 0.1) is 6.92 Å². The lowest BCUT2D eigenvalue weighted by molar-refractivity contribution is -0.132. The summed E-state index contributed by atoms with van der Waals surface area (Å²) >= 11 is 0. The number of esters is 1. The molecule has 256 valence electrons. The Kier molecular flexibility index (Phi) is 10.2. The molecule has 0 atom stereocenters. The van der Waals surface area contributed by atoms with Crippen molar-refractivity contribution < 1.29 is 41.7 Å². The molecule has 1 amide bonds. The largest absolute Gasteiger partial charge is 0.489 e. The lowest BCUT2D eigenvalue weighted by atomic mass is 10.0. The van der Waals surface area contributed by atoms with Crippen LogP contribution in [0.4, 0.5) is 23.7 Å². The Hall–Kier alpha value is -5.52. The lowest BCUT2D eigenvalue weighted by Crippen LogP contribution is -2.39. The molecule has 0 aliphatic heterocycles. The second-order valence-electron chi connectivity index (χ2n) is 12.3. The summed E-state index contributed by atoms with van der Waals surface area (Å²) in [4.78, 5) is 31.1. The van der Waals surface area contributed by atoms with Crippen LogP contribution in [0.3, 0.4) is 0 Å². The molecule has 0 fully saturated rings. The number of aryl methyl sites for hydroxylation is 1. The molecule has 2 aromatic heterocycles. The van der Waals surface area contributed by atoms with E-state index in [1.54, 1.807) is 80.8 Å². The van der Waals surface area contributed by atoms with Crippen molar-refractivity contribution in [3.05, 3.63) is 108 Å². The van der Waals surface area contributed by atoms with Crippen LogP contribution >= 0.6 is 0 Å². The molecule has 0 saturated carbocycles. The van der Waals surface area contributed by atoms with Gasteiger partial charge in [-0.2, -0.15) is 13.2 Å². The van der Waals surface area contributed by atoms with Gasteiger partial charge in [0.15, 0.2) is 5.65 Å². The van der Waals surface area contributed by atoms with E-state index in [0.717, 1.165) is 10.5 Å². The van der Waals surface area contributed by atoms with Crippen molar-refractivity contribution in [1.29, 1.82) is 0 Å². The number of ether oxygens (including phenoxy) is 4. The number of nitrogens with zero attached hydrogens (tertiary/aromatic N) is 3. The number of anilines is 1. The van der Waals surface area contributed by atoms with E-state index < -0.39 is 36.8 Å². The maximum atomic E-state index is 13.5. The molecule has 0 unspecified atom stereocenters. The number of benzene rings is 3. The average Bonchev–Trinajstić information content (AvgIpc) is 3.47. The zero-order valence-corrected chi connectivity index (χ0v) is 27.7. The van der Waals surface area contributed by atoms with Gasteiger partial charge in [-0.1, -0.05) is 36.4 Å². The van der Waals surface area contributed by atoms with Gasteiger partial charge in [0.2, 0.25) is 0 Å². The van der Waals surface area contributed by atoms with Crippen molar-refractivity contribution in [1.82, 2.24) is 9.38 Å². The Morgan fingerprint density at radius 2 is 1.59 bits per heavy atom. The third-order valence-electron chi connectivity index (χ3n) is 7.32. The molecule has 5 rings (SSSR count). The summed E-state index contributed by atoms with van der Waals surface area (Å²) < 4.78 is 64.6. The van der Waals surface area contributed by atoms with E-state index in [2.05, 4.69) is 4.98 Å². The molecule has 0 radical (unpaired) electrons. The smallest absolute Gasteiger partial charge is 0.414 e. The van der Waals surface area contributed by atoms with Gasteiger partial charge in [0.05, 0.1) is 42.9 Å². The minimum absolute atomic E-state index is 0.0490. The molecular formula is C37H36F3N3O6. The molecule has 0 N–H and O–H groups in total. The number of halogens is 3. The summed E-state index contributed by atoms with van der Waals surface area (Å²) in [5, 5.41) is 0. The second-order valence-corrected chi connectivity index (χ2v) is 12.3. The van der Waals surface area contributed by atoms with Crippen molar-refractivity contribution >= 4 is 23.4 Å². The highest BCUT2D eigenvalue weighted by atomic mass is 19.4. The Balaban J connectivity index is 1.56. The molecule has 3 aromatic carbocycles. The van der Waals surface area contributed by atoms with Crippen LogP contribution in [0.1, 0.15) is 48.7 Å². The van der Waals surface area contributed by atoms with Crippen LogP contribution in [0.2, 0.25) is 0 Å². The number of hydrogen-bond acceptors (Lipinski definition) is 7.